The summed E-state index contributed by atoms with van der Waals surface area (Å²) in [5.41, 5.74) is 0. The molecule has 0 bridgehead atoms. The van der Waals surface area contributed by atoms with E-state index >= 15 is 0 Å². The number of hydrogen-bond acceptors (Lipinski definition) is 1. The van der Waals surface area contributed by atoms with Crippen LogP contribution in [0.4, 0.5) is 0 Å². The van der Waals surface area contributed by atoms with Crippen LogP contribution in [-0.2, 0) is 4.79 Å². The van der Waals surface area contributed by atoms with Crippen LogP contribution in [0.3, 0.4) is 0 Å². The standard InChI is InChI=1S/C11H19NO/c1-8-4-3-5-12(7-8)11(13)10-6-9(10)2/h8-10H,3-7H2,1-2H3/t8?,9-,10-/m0/s1. The summed E-state index contributed by atoms with van der Waals surface area (Å²) in [4.78, 5) is 13.9. The normalized spacial score (nSPS) is 38.9. The zero-order chi connectivity index (χ0) is 9.42. The average Bonchev–Trinajstić information content (AvgIpc) is 2.81. The molecule has 2 rings (SSSR count). The average molecular weight is 181 g/mol. The molecule has 74 valence electrons. The van der Waals surface area contributed by atoms with Gasteiger partial charge in [-0.2, -0.15) is 0 Å². The van der Waals surface area contributed by atoms with Crippen molar-refractivity contribution < 1.29 is 4.79 Å². The van der Waals surface area contributed by atoms with Gasteiger partial charge in [0.2, 0.25) is 5.91 Å². The van der Waals surface area contributed by atoms with Crippen LogP contribution in [0.25, 0.3) is 0 Å². The molecule has 1 saturated carbocycles. The molecule has 0 radical (unpaired) electrons. The maximum absolute atomic E-state index is 11.8. The summed E-state index contributed by atoms with van der Waals surface area (Å²) in [7, 11) is 0. The van der Waals surface area contributed by atoms with Crippen molar-refractivity contribution in [1.82, 2.24) is 4.90 Å². The van der Waals surface area contributed by atoms with Gasteiger partial charge in [0.25, 0.3) is 0 Å². The summed E-state index contributed by atoms with van der Waals surface area (Å²) in [5, 5.41) is 0. The topological polar surface area (TPSA) is 20.3 Å². The first-order valence-corrected chi connectivity index (χ1v) is 5.47. The van der Waals surface area contributed by atoms with Crippen LogP contribution >= 0.6 is 0 Å². The molecule has 2 heteroatoms. The summed E-state index contributed by atoms with van der Waals surface area (Å²) in [6.45, 7) is 6.43. The number of rotatable bonds is 1. The molecule has 13 heavy (non-hydrogen) atoms. The fourth-order valence-corrected chi connectivity index (χ4v) is 2.29. The van der Waals surface area contributed by atoms with E-state index in [1.807, 2.05) is 0 Å². The lowest BCUT2D eigenvalue weighted by atomic mass is 10.00. The molecule has 1 heterocycles. The van der Waals surface area contributed by atoms with Gasteiger partial charge in [-0.25, -0.2) is 0 Å². The Morgan fingerprint density at radius 3 is 2.62 bits per heavy atom. The van der Waals surface area contributed by atoms with Gasteiger partial charge in [-0.05, 0) is 31.1 Å². The minimum atomic E-state index is 0.380. The number of nitrogens with zero attached hydrogens (tertiary/aromatic N) is 1. The summed E-state index contributed by atoms with van der Waals surface area (Å²) < 4.78 is 0. The fourth-order valence-electron chi connectivity index (χ4n) is 2.29. The van der Waals surface area contributed by atoms with E-state index in [2.05, 4.69) is 18.7 Å². The first-order chi connectivity index (χ1) is 6.18. The van der Waals surface area contributed by atoms with E-state index in [0.29, 0.717) is 23.7 Å². The fraction of sp³-hybridized carbons (Fsp3) is 0.909. The molecule has 2 nitrogen and oxygen atoms in total. The van der Waals surface area contributed by atoms with Crippen LogP contribution < -0.4 is 0 Å². The largest absolute Gasteiger partial charge is 0.342 e. The van der Waals surface area contributed by atoms with Gasteiger partial charge in [-0.15, -0.1) is 0 Å². The highest BCUT2D eigenvalue weighted by Gasteiger charge is 2.41. The minimum absolute atomic E-state index is 0.380. The van der Waals surface area contributed by atoms with E-state index in [1.165, 1.54) is 12.8 Å². The lowest BCUT2D eigenvalue weighted by Gasteiger charge is -2.31. The van der Waals surface area contributed by atoms with Crippen LogP contribution in [0.2, 0.25) is 0 Å². The van der Waals surface area contributed by atoms with Crippen molar-refractivity contribution >= 4 is 5.91 Å². The summed E-state index contributed by atoms with van der Waals surface area (Å²) in [6, 6.07) is 0. The SMILES string of the molecule is CC1CCCN(C(=O)[C@H]2C[C@@H]2C)C1. The molecule has 1 unspecified atom stereocenters. The molecule has 0 aromatic heterocycles. The monoisotopic (exact) mass is 181 g/mol. The third-order valence-electron chi connectivity index (χ3n) is 3.40. The van der Waals surface area contributed by atoms with E-state index in [1.54, 1.807) is 0 Å². The van der Waals surface area contributed by atoms with Crippen molar-refractivity contribution in [2.24, 2.45) is 17.8 Å². The van der Waals surface area contributed by atoms with Gasteiger partial charge in [0.05, 0.1) is 0 Å². The van der Waals surface area contributed by atoms with E-state index in [0.717, 1.165) is 19.5 Å². The molecule has 1 aliphatic carbocycles. The Kier molecular flexibility index (Phi) is 2.31. The van der Waals surface area contributed by atoms with E-state index in [-0.39, 0.29) is 0 Å². The van der Waals surface area contributed by atoms with Crippen LogP contribution in [0.1, 0.15) is 33.1 Å². The van der Waals surface area contributed by atoms with Gasteiger partial charge in [0.15, 0.2) is 0 Å². The molecular formula is C11H19NO. The molecule has 2 fully saturated rings. The second-order valence-electron chi connectivity index (χ2n) is 4.85. The highest BCUT2D eigenvalue weighted by molar-refractivity contribution is 5.81. The second kappa shape index (κ2) is 3.32. The molecule has 3 atom stereocenters. The van der Waals surface area contributed by atoms with Crippen LogP contribution in [-0.4, -0.2) is 23.9 Å². The Balaban J connectivity index is 1.88. The zero-order valence-electron chi connectivity index (χ0n) is 8.62. The van der Waals surface area contributed by atoms with Crippen molar-refractivity contribution in [3.05, 3.63) is 0 Å². The third-order valence-corrected chi connectivity index (χ3v) is 3.40. The number of carbonyl (C=O) groups excluding carboxylic acids is 1. The van der Waals surface area contributed by atoms with Crippen LogP contribution in [0.5, 0.6) is 0 Å². The van der Waals surface area contributed by atoms with Crippen molar-refractivity contribution in [3.8, 4) is 0 Å². The summed E-state index contributed by atoms with van der Waals surface area (Å²) in [5.74, 6) is 2.18. The number of likely N-dealkylation sites (tertiary alicyclic amines) is 1. The molecule has 0 spiro atoms. The molecule has 0 aromatic carbocycles. The van der Waals surface area contributed by atoms with Crippen molar-refractivity contribution in [1.29, 1.82) is 0 Å². The van der Waals surface area contributed by atoms with E-state index in [9.17, 15) is 4.79 Å². The first-order valence-electron chi connectivity index (χ1n) is 5.47. The number of amides is 1. The first kappa shape index (κ1) is 9.04. The third kappa shape index (κ3) is 1.87. The molecule has 1 saturated heterocycles. The molecule has 1 amide bonds. The molecule has 1 aliphatic heterocycles. The van der Waals surface area contributed by atoms with E-state index in [4.69, 9.17) is 0 Å². The number of piperidine rings is 1. The lowest BCUT2D eigenvalue weighted by molar-refractivity contribution is -0.134. The second-order valence-corrected chi connectivity index (χ2v) is 4.85. The maximum Gasteiger partial charge on any atom is 0.225 e. The van der Waals surface area contributed by atoms with Gasteiger partial charge in [0.1, 0.15) is 0 Å². The Morgan fingerprint density at radius 2 is 2.08 bits per heavy atom. The van der Waals surface area contributed by atoms with Crippen LogP contribution in [0.15, 0.2) is 0 Å². The minimum Gasteiger partial charge on any atom is -0.342 e. The molecule has 0 N–H and O–H groups in total. The predicted octanol–water partition coefficient (Wildman–Crippen LogP) is 1.90. The smallest absolute Gasteiger partial charge is 0.225 e. The lowest BCUT2D eigenvalue weighted by Crippen LogP contribution is -2.40. The molecular weight excluding hydrogens is 162 g/mol. The summed E-state index contributed by atoms with van der Waals surface area (Å²) >= 11 is 0. The predicted molar refractivity (Wildman–Crippen MR) is 52.2 cm³/mol. The maximum atomic E-state index is 11.8. The van der Waals surface area contributed by atoms with E-state index < -0.39 is 0 Å². The summed E-state index contributed by atoms with van der Waals surface area (Å²) in [6.07, 6.45) is 3.63. The Morgan fingerprint density at radius 1 is 1.38 bits per heavy atom. The van der Waals surface area contributed by atoms with Gasteiger partial charge in [-0.1, -0.05) is 13.8 Å². The highest BCUT2D eigenvalue weighted by Crippen LogP contribution is 2.39. The Bertz CT molecular complexity index is 214. The van der Waals surface area contributed by atoms with Gasteiger partial charge < -0.3 is 4.90 Å². The Labute approximate surface area is 80.3 Å². The van der Waals surface area contributed by atoms with Crippen molar-refractivity contribution in [2.45, 2.75) is 33.1 Å². The zero-order valence-corrected chi connectivity index (χ0v) is 8.62. The number of carbonyl (C=O) groups is 1. The molecule has 0 aromatic rings. The molecule has 2 aliphatic rings. The highest BCUT2D eigenvalue weighted by atomic mass is 16.2. The van der Waals surface area contributed by atoms with Gasteiger partial charge >= 0.3 is 0 Å². The van der Waals surface area contributed by atoms with Crippen LogP contribution in [0, 0.1) is 17.8 Å². The van der Waals surface area contributed by atoms with Crippen molar-refractivity contribution in [3.63, 3.8) is 0 Å². The van der Waals surface area contributed by atoms with Crippen molar-refractivity contribution in [2.75, 3.05) is 13.1 Å². The quantitative estimate of drug-likeness (QED) is 0.605. The van der Waals surface area contributed by atoms with Gasteiger partial charge in [-0.3, -0.25) is 4.79 Å². The van der Waals surface area contributed by atoms with Gasteiger partial charge in [0, 0.05) is 19.0 Å². The number of hydrogen-bond donors (Lipinski definition) is 0. The Hall–Kier alpha value is -0.530.